The molecule has 3 nitrogen and oxygen atoms in total. The van der Waals surface area contributed by atoms with E-state index in [2.05, 4.69) is 6.07 Å². The number of nitrogens with zero attached hydrogens (tertiary/aromatic N) is 2. The van der Waals surface area contributed by atoms with Gasteiger partial charge < -0.3 is 9.64 Å². The van der Waals surface area contributed by atoms with Crippen molar-refractivity contribution in [2.45, 2.75) is 0 Å². The summed E-state index contributed by atoms with van der Waals surface area (Å²) in [4.78, 5) is 2.04. The Morgan fingerprint density at radius 2 is 1.76 bits per heavy atom. The SMILES string of the molecule is COc1ccccc1C(C#N)=Cc1ccc(N(C)C)cc1. The Kier molecular flexibility index (Phi) is 4.63. The molecule has 3 heteroatoms. The first-order valence-electron chi connectivity index (χ1n) is 6.68. The molecule has 0 unspecified atom stereocenters. The van der Waals surface area contributed by atoms with Gasteiger partial charge in [-0.2, -0.15) is 5.26 Å². The Morgan fingerprint density at radius 1 is 1.10 bits per heavy atom. The summed E-state index contributed by atoms with van der Waals surface area (Å²) < 4.78 is 5.32. The Bertz CT molecular complexity index is 679. The number of nitriles is 1. The highest BCUT2D eigenvalue weighted by molar-refractivity contribution is 5.91. The van der Waals surface area contributed by atoms with Crippen LogP contribution in [0.4, 0.5) is 5.69 Å². The van der Waals surface area contributed by atoms with E-state index in [1.165, 1.54) is 0 Å². The number of benzene rings is 2. The molecule has 0 aromatic heterocycles. The average Bonchev–Trinajstić information content (AvgIpc) is 2.53. The van der Waals surface area contributed by atoms with E-state index < -0.39 is 0 Å². The molecule has 2 aromatic carbocycles. The summed E-state index contributed by atoms with van der Waals surface area (Å²) in [5, 5.41) is 9.42. The molecule has 0 fully saturated rings. The smallest absolute Gasteiger partial charge is 0.127 e. The lowest BCUT2D eigenvalue weighted by Gasteiger charge is -2.12. The molecule has 2 aromatic rings. The van der Waals surface area contributed by atoms with E-state index in [4.69, 9.17) is 4.74 Å². The summed E-state index contributed by atoms with van der Waals surface area (Å²) in [6.07, 6.45) is 1.87. The number of hydrogen-bond acceptors (Lipinski definition) is 3. The van der Waals surface area contributed by atoms with Crippen molar-refractivity contribution < 1.29 is 4.74 Å². The Balaban J connectivity index is 2.39. The number of ether oxygens (including phenoxy) is 1. The molecule has 0 saturated heterocycles. The Hall–Kier alpha value is -2.73. The highest BCUT2D eigenvalue weighted by Gasteiger charge is 2.07. The van der Waals surface area contributed by atoms with Gasteiger partial charge in [0.2, 0.25) is 0 Å². The second-order valence-corrected chi connectivity index (χ2v) is 4.86. The molecule has 0 amide bonds. The third kappa shape index (κ3) is 3.43. The topological polar surface area (TPSA) is 36.3 Å². The van der Waals surface area contributed by atoms with Crippen LogP contribution in [0.1, 0.15) is 11.1 Å². The maximum Gasteiger partial charge on any atom is 0.127 e. The molecule has 0 saturated carbocycles. The fourth-order valence-corrected chi connectivity index (χ4v) is 2.07. The van der Waals surface area contributed by atoms with Crippen LogP contribution < -0.4 is 9.64 Å². The van der Waals surface area contributed by atoms with Crippen LogP contribution in [0.3, 0.4) is 0 Å². The minimum atomic E-state index is 0.588. The fourth-order valence-electron chi connectivity index (χ4n) is 2.07. The molecule has 2 rings (SSSR count). The van der Waals surface area contributed by atoms with Crippen molar-refractivity contribution in [2.75, 3.05) is 26.1 Å². The van der Waals surface area contributed by atoms with Gasteiger partial charge in [0.15, 0.2) is 0 Å². The Morgan fingerprint density at radius 3 is 2.33 bits per heavy atom. The van der Waals surface area contributed by atoms with Gasteiger partial charge in [-0.1, -0.05) is 24.3 Å². The van der Waals surface area contributed by atoms with Crippen LogP contribution in [0.2, 0.25) is 0 Å². The molecule has 0 heterocycles. The van der Waals surface area contributed by atoms with Crippen LogP contribution in [0.5, 0.6) is 5.75 Å². The molecular formula is C18H18N2O. The van der Waals surface area contributed by atoms with Crippen molar-refractivity contribution in [3.63, 3.8) is 0 Å². The first-order chi connectivity index (χ1) is 10.2. The number of hydrogen-bond donors (Lipinski definition) is 0. The van der Waals surface area contributed by atoms with Crippen LogP contribution in [-0.2, 0) is 0 Å². The van der Waals surface area contributed by atoms with E-state index in [9.17, 15) is 5.26 Å². The van der Waals surface area contributed by atoms with Gasteiger partial charge >= 0.3 is 0 Å². The van der Waals surface area contributed by atoms with Crippen LogP contribution in [0.15, 0.2) is 48.5 Å². The lowest BCUT2D eigenvalue weighted by atomic mass is 10.0. The number of methoxy groups -OCH3 is 1. The van der Waals surface area contributed by atoms with Crippen LogP contribution >= 0.6 is 0 Å². The van der Waals surface area contributed by atoms with Gasteiger partial charge in [-0.25, -0.2) is 0 Å². The van der Waals surface area contributed by atoms with Crippen molar-refractivity contribution in [3.05, 3.63) is 59.7 Å². The summed E-state index contributed by atoms with van der Waals surface area (Å²) in [6.45, 7) is 0. The molecule has 0 aliphatic rings. The predicted molar refractivity (Wildman–Crippen MR) is 87.2 cm³/mol. The van der Waals surface area contributed by atoms with E-state index in [0.29, 0.717) is 11.3 Å². The molecule has 0 atom stereocenters. The normalized spacial score (nSPS) is 10.9. The second-order valence-electron chi connectivity index (χ2n) is 4.86. The first kappa shape index (κ1) is 14.7. The highest BCUT2D eigenvalue weighted by atomic mass is 16.5. The third-order valence-corrected chi connectivity index (χ3v) is 3.24. The standard InChI is InChI=1S/C18H18N2O/c1-20(2)16-10-8-14(9-11-16)12-15(13-19)17-6-4-5-7-18(17)21-3/h4-12H,1-3H3. The van der Waals surface area contributed by atoms with Gasteiger partial charge in [-0.15, -0.1) is 0 Å². The minimum Gasteiger partial charge on any atom is -0.496 e. The zero-order valence-electron chi connectivity index (χ0n) is 12.5. The molecule has 106 valence electrons. The van der Waals surface area contributed by atoms with E-state index in [-0.39, 0.29) is 0 Å². The third-order valence-electron chi connectivity index (χ3n) is 3.24. The highest BCUT2D eigenvalue weighted by Crippen LogP contribution is 2.27. The van der Waals surface area contributed by atoms with Crippen molar-refractivity contribution in [1.29, 1.82) is 5.26 Å². The average molecular weight is 278 g/mol. The largest absolute Gasteiger partial charge is 0.496 e. The van der Waals surface area contributed by atoms with E-state index in [0.717, 1.165) is 16.8 Å². The van der Waals surface area contributed by atoms with E-state index >= 15 is 0 Å². The fraction of sp³-hybridized carbons (Fsp3) is 0.167. The van der Waals surface area contributed by atoms with Crippen molar-refractivity contribution in [3.8, 4) is 11.8 Å². The molecule has 0 spiro atoms. The maximum atomic E-state index is 9.42. The molecule has 0 aliphatic heterocycles. The first-order valence-corrected chi connectivity index (χ1v) is 6.68. The lowest BCUT2D eigenvalue weighted by Crippen LogP contribution is -2.07. The van der Waals surface area contributed by atoms with Crippen molar-refractivity contribution in [1.82, 2.24) is 0 Å². The van der Waals surface area contributed by atoms with Gasteiger partial charge in [-0.3, -0.25) is 0 Å². The van der Waals surface area contributed by atoms with Crippen LogP contribution in [0.25, 0.3) is 11.6 Å². The Labute approximate surface area is 125 Å². The molecule has 0 aliphatic carbocycles. The molecule has 0 bridgehead atoms. The monoisotopic (exact) mass is 278 g/mol. The van der Waals surface area contributed by atoms with Gasteiger partial charge in [0, 0.05) is 25.3 Å². The molecule has 0 radical (unpaired) electrons. The molecule has 0 N–H and O–H groups in total. The van der Waals surface area contributed by atoms with Crippen molar-refractivity contribution >= 4 is 17.3 Å². The van der Waals surface area contributed by atoms with Gasteiger partial charge in [-0.05, 0) is 35.9 Å². The number of allylic oxidation sites excluding steroid dienone is 1. The summed E-state index contributed by atoms with van der Waals surface area (Å²) in [7, 11) is 5.61. The maximum absolute atomic E-state index is 9.42. The molecular weight excluding hydrogens is 260 g/mol. The zero-order valence-corrected chi connectivity index (χ0v) is 12.5. The number of rotatable bonds is 4. The zero-order chi connectivity index (χ0) is 15.2. The number of anilines is 1. The van der Waals surface area contributed by atoms with Crippen molar-refractivity contribution in [2.24, 2.45) is 0 Å². The molecule has 21 heavy (non-hydrogen) atoms. The summed E-state index contributed by atoms with van der Waals surface area (Å²) in [5.74, 6) is 0.704. The van der Waals surface area contributed by atoms with Crippen LogP contribution in [0, 0.1) is 11.3 Å². The predicted octanol–water partition coefficient (Wildman–Crippen LogP) is 3.83. The van der Waals surface area contributed by atoms with E-state index in [1.54, 1.807) is 7.11 Å². The minimum absolute atomic E-state index is 0.588. The van der Waals surface area contributed by atoms with Crippen LogP contribution in [-0.4, -0.2) is 21.2 Å². The summed E-state index contributed by atoms with van der Waals surface area (Å²) in [5.41, 5.74) is 3.51. The van der Waals surface area contributed by atoms with Gasteiger partial charge in [0.1, 0.15) is 5.75 Å². The van der Waals surface area contributed by atoms with Gasteiger partial charge in [0.05, 0.1) is 18.8 Å². The van der Waals surface area contributed by atoms with E-state index in [1.807, 2.05) is 73.6 Å². The second kappa shape index (κ2) is 6.62. The summed E-state index contributed by atoms with van der Waals surface area (Å²) >= 11 is 0. The quantitative estimate of drug-likeness (QED) is 0.630. The summed E-state index contributed by atoms with van der Waals surface area (Å²) in [6, 6.07) is 17.9. The lowest BCUT2D eigenvalue weighted by molar-refractivity contribution is 0.413. The number of para-hydroxylation sites is 1. The van der Waals surface area contributed by atoms with Gasteiger partial charge in [0.25, 0.3) is 0 Å².